The Bertz CT molecular complexity index is 553. The lowest BCUT2D eigenvalue weighted by atomic mass is 9.87. The first-order valence-electron chi connectivity index (χ1n) is 6.28. The van der Waals surface area contributed by atoms with Crippen molar-refractivity contribution >= 4 is 24.2 Å². The fourth-order valence-electron chi connectivity index (χ4n) is 2.59. The second-order valence-corrected chi connectivity index (χ2v) is 4.86. The number of hydrogen-bond donors (Lipinski definition) is 1. The molecule has 1 aromatic heterocycles. The number of imide groups is 1. The predicted molar refractivity (Wildman–Crippen MR) is 67.7 cm³/mol. The molecule has 104 valence electrons. The Morgan fingerprint density at radius 2 is 2.00 bits per heavy atom. The quantitative estimate of drug-likeness (QED) is 0.581. The molecule has 3 heterocycles. The first-order valence-corrected chi connectivity index (χ1v) is 6.28. The molecule has 2 fully saturated rings. The summed E-state index contributed by atoms with van der Waals surface area (Å²) in [6.45, 7) is 0.896. The highest BCUT2D eigenvalue weighted by molar-refractivity contribution is 6.22. The molecule has 2 aliphatic rings. The highest BCUT2D eigenvalue weighted by Crippen LogP contribution is 2.30. The predicted octanol–water partition coefficient (Wildman–Crippen LogP) is -0.476. The smallest absolute Gasteiger partial charge is 0.330 e. The van der Waals surface area contributed by atoms with Crippen LogP contribution in [0.4, 0.5) is 10.6 Å². The number of amides is 4. The number of rotatable bonds is 2. The molecule has 0 saturated carbocycles. The maximum Gasteiger partial charge on any atom is 0.330 e. The molecule has 0 unspecified atom stereocenters. The van der Waals surface area contributed by atoms with Gasteiger partial charge < -0.3 is 10.2 Å². The Labute approximate surface area is 114 Å². The first kappa shape index (κ1) is 12.5. The second kappa shape index (κ2) is 4.55. The summed E-state index contributed by atoms with van der Waals surface area (Å²) in [4.78, 5) is 45.8. The van der Waals surface area contributed by atoms with Crippen molar-refractivity contribution in [2.45, 2.75) is 18.4 Å². The number of piperidine rings is 1. The van der Waals surface area contributed by atoms with Gasteiger partial charge in [0.2, 0.25) is 6.41 Å². The number of nitrogens with zero attached hydrogens (tertiary/aromatic N) is 4. The molecule has 1 spiro atoms. The fraction of sp³-hybridized carbons (Fsp3) is 0.417. The molecule has 0 aliphatic carbocycles. The molecular formula is C12H13N5O3. The third-order valence-corrected chi connectivity index (χ3v) is 3.74. The monoisotopic (exact) mass is 275 g/mol. The van der Waals surface area contributed by atoms with E-state index in [4.69, 9.17) is 0 Å². The minimum atomic E-state index is -0.923. The van der Waals surface area contributed by atoms with Crippen molar-refractivity contribution in [1.82, 2.24) is 20.2 Å². The third kappa shape index (κ3) is 1.80. The molecule has 2 saturated heterocycles. The Morgan fingerprint density at radius 3 is 2.60 bits per heavy atom. The van der Waals surface area contributed by atoms with E-state index in [0.29, 0.717) is 25.9 Å². The maximum absolute atomic E-state index is 12.6. The summed E-state index contributed by atoms with van der Waals surface area (Å²) in [7, 11) is 0. The van der Waals surface area contributed by atoms with Crippen LogP contribution in [0.15, 0.2) is 18.6 Å². The third-order valence-electron chi connectivity index (χ3n) is 3.74. The van der Waals surface area contributed by atoms with Crippen LogP contribution in [-0.4, -0.2) is 51.8 Å². The lowest BCUT2D eigenvalue weighted by Crippen LogP contribution is -2.54. The van der Waals surface area contributed by atoms with E-state index < -0.39 is 11.6 Å². The molecule has 0 aromatic carbocycles. The zero-order valence-electron chi connectivity index (χ0n) is 10.7. The van der Waals surface area contributed by atoms with Crippen molar-refractivity contribution in [3.8, 4) is 0 Å². The summed E-state index contributed by atoms with van der Waals surface area (Å²) in [5, 5.41) is 2.74. The Hall–Kier alpha value is -2.51. The molecule has 8 nitrogen and oxygen atoms in total. The average Bonchev–Trinajstić information content (AvgIpc) is 2.72. The van der Waals surface area contributed by atoms with Gasteiger partial charge in [-0.3, -0.25) is 14.6 Å². The van der Waals surface area contributed by atoms with Crippen molar-refractivity contribution in [2.24, 2.45) is 0 Å². The van der Waals surface area contributed by atoms with Crippen molar-refractivity contribution in [3.63, 3.8) is 0 Å². The van der Waals surface area contributed by atoms with E-state index in [2.05, 4.69) is 15.3 Å². The van der Waals surface area contributed by atoms with Gasteiger partial charge in [0.15, 0.2) is 5.82 Å². The molecule has 3 rings (SSSR count). The second-order valence-electron chi connectivity index (χ2n) is 4.86. The number of carbonyl (C=O) groups is 3. The standard InChI is InChI=1S/C12H13N5O3/c18-8-16-5-1-12(2-6-16)10(19)17(11(20)15-12)9-7-13-3-4-14-9/h3-4,7-8H,1-2,5-6H2,(H,15,20). The summed E-state index contributed by atoms with van der Waals surface area (Å²) in [5.74, 6) is -0.113. The van der Waals surface area contributed by atoms with Gasteiger partial charge in [-0.15, -0.1) is 0 Å². The topological polar surface area (TPSA) is 95.5 Å². The van der Waals surface area contributed by atoms with Gasteiger partial charge in [0.1, 0.15) is 5.54 Å². The number of urea groups is 1. The highest BCUT2D eigenvalue weighted by atomic mass is 16.2. The van der Waals surface area contributed by atoms with Crippen LogP contribution in [0, 0.1) is 0 Å². The summed E-state index contributed by atoms with van der Waals surface area (Å²) in [6.07, 6.45) is 5.85. The maximum atomic E-state index is 12.6. The van der Waals surface area contributed by atoms with Crippen molar-refractivity contribution in [3.05, 3.63) is 18.6 Å². The van der Waals surface area contributed by atoms with Gasteiger partial charge in [-0.25, -0.2) is 14.7 Å². The van der Waals surface area contributed by atoms with Crippen LogP contribution in [0.3, 0.4) is 0 Å². The van der Waals surface area contributed by atoms with Gasteiger partial charge in [-0.2, -0.15) is 0 Å². The average molecular weight is 275 g/mol. The summed E-state index contributed by atoms with van der Waals surface area (Å²) >= 11 is 0. The van der Waals surface area contributed by atoms with Crippen LogP contribution in [-0.2, 0) is 9.59 Å². The van der Waals surface area contributed by atoms with E-state index in [1.807, 2.05) is 0 Å². The van der Waals surface area contributed by atoms with Gasteiger partial charge in [0.05, 0.1) is 6.20 Å². The van der Waals surface area contributed by atoms with Gasteiger partial charge in [0.25, 0.3) is 5.91 Å². The van der Waals surface area contributed by atoms with Gasteiger partial charge >= 0.3 is 6.03 Å². The molecule has 2 aliphatic heterocycles. The highest BCUT2D eigenvalue weighted by Gasteiger charge is 2.53. The Balaban J connectivity index is 1.86. The fourth-order valence-corrected chi connectivity index (χ4v) is 2.59. The van der Waals surface area contributed by atoms with Crippen molar-refractivity contribution < 1.29 is 14.4 Å². The zero-order valence-corrected chi connectivity index (χ0v) is 10.7. The molecule has 1 aromatic rings. The zero-order chi connectivity index (χ0) is 14.2. The number of likely N-dealkylation sites (tertiary alicyclic amines) is 1. The molecule has 8 heteroatoms. The van der Waals surface area contributed by atoms with Crippen molar-refractivity contribution in [1.29, 1.82) is 0 Å². The van der Waals surface area contributed by atoms with Crippen LogP contribution in [0.2, 0.25) is 0 Å². The summed E-state index contributed by atoms with van der Waals surface area (Å²) in [6, 6.07) is -0.491. The number of anilines is 1. The van der Waals surface area contributed by atoms with Gasteiger partial charge in [-0.1, -0.05) is 0 Å². The van der Waals surface area contributed by atoms with E-state index in [9.17, 15) is 14.4 Å². The van der Waals surface area contributed by atoms with Crippen LogP contribution in [0.25, 0.3) is 0 Å². The van der Waals surface area contributed by atoms with E-state index in [0.717, 1.165) is 11.3 Å². The van der Waals surface area contributed by atoms with Crippen LogP contribution < -0.4 is 10.2 Å². The van der Waals surface area contributed by atoms with Crippen LogP contribution in [0.5, 0.6) is 0 Å². The Kier molecular flexibility index (Phi) is 2.85. The molecular weight excluding hydrogens is 262 g/mol. The number of nitrogens with one attached hydrogen (secondary N) is 1. The summed E-state index contributed by atoms with van der Waals surface area (Å²) in [5.41, 5.74) is -0.923. The number of aromatic nitrogens is 2. The minimum absolute atomic E-state index is 0.213. The summed E-state index contributed by atoms with van der Waals surface area (Å²) < 4.78 is 0. The largest absolute Gasteiger partial charge is 0.345 e. The molecule has 4 amide bonds. The molecule has 0 radical (unpaired) electrons. The minimum Gasteiger partial charge on any atom is -0.345 e. The van der Waals surface area contributed by atoms with Crippen LogP contribution in [0.1, 0.15) is 12.8 Å². The number of carbonyl (C=O) groups excluding carboxylic acids is 3. The van der Waals surface area contributed by atoms with E-state index in [1.54, 1.807) is 4.90 Å². The lowest BCUT2D eigenvalue weighted by molar-refractivity contribution is -0.127. The molecule has 0 bridgehead atoms. The normalized spacial score (nSPS) is 21.2. The number of hydrogen-bond acceptors (Lipinski definition) is 5. The Morgan fingerprint density at radius 1 is 1.25 bits per heavy atom. The van der Waals surface area contributed by atoms with E-state index in [1.165, 1.54) is 18.6 Å². The van der Waals surface area contributed by atoms with Gasteiger partial charge in [-0.05, 0) is 12.8 Å². The molecule has 0 atom stereocenters. The lowest BCUT2D eigenvalue weighted by Gasteiger charge is -2.35. The van der Waals surface area contributed by atoms with Crippen LogP contribution >= 0.6 is 0 Å². The van der Waals surface area contributed by atoms with Gasteiger partial charge in [0, 0.05) is 25.5 Å². The SMILES string of the molecule is O=CN1CCC2(CC1)NC(=O)N(c1cnccn1)C2=O. The molecule has 1 N–H and O–H groups in total. The van der Waals surface area contributed by atoms with E-state index >= 15 is 0 Å². The van der Waals surface area contributed by atoms with Crippen molar-refractivity contribution in [2.75, 3.05) is 18.0 Å². The molecule has 20 heavy (non-hydrogen) atoms. The van der Waals surface area contributed by atoms with E-state index in [-0.39, 0.29) is 11.7 Å². The first-order chi connectivity index (χ1) is 9.66.